The van der Waals surface area contributed by atoms with Crippen LogP contribution >= 0.6 is 0 Å². The molecule has 5 heteroatoms. The largest absolute Gasteiger partial charge is 0.335 e. The molecule has 1 aromatic heterocycles. The number of benzene rings is 1. The number of hydrogen-bond donors (Lipinski definition) is 2. The summed E-state index contributed by atoms with van der Waals surface area (Å²) in [6.45, 7) is 8.34. The minimum atomic E-state index is -0.175. The number of nitrogens with one attached hydrogen (secondary N) is 2. The Labute approximate surface area is 143 Å². The van der Waals surface area contributed by atoms with Crippen LogP contribution in [0.4, 0.5) is 10.5 Å². The molecule has 0 spiro atoms. The average Bonchev–Trinajstić information content (AvgIpc) is 2.53. The summed E-state index contributed by atoms with van der Waals surface area (Å²) in [6.07, 6.45) is 3.83. The van der Waals surface area contributed by atoms with E-state index in [0.29, 0.717) is 11.7 Å². The lowest BCUT2D eigenvalue weighted by atomic mass is 10.0. The van der Waals surface area contributed by atoms with E-state index in [0.717, 1.165) is 29.8 Å². The maximum absolute atomic E-state index is 12.0. The van der Waals surface area contributed by atoms with E-state index >= 15 is 0 Å². The number of rotatable bonds is 6. The zero-order valence-electron chi connectivity index (χ0n) is 14.8. The third kappa shape index (κ3) is 5.65. The van der Waals surface area contributed by atoms with Crippen molar-refractivity contribution in [2.24, 2.45) is 5.92 Å². The molecule has 1 heterocycles. The summed E-state index contributed by atoms with van der Waals surface area (Å²) in [6, 6.07) is 9.39. The van der Waals surface area contributed by atoms with E-state index in [1.807, 2.05) is 44.2 Å². The van der Waals surface area contributed by atoms with Gasteiger partial charge in [0.1, 0.15) is 0 Å². The average molecular weight is 326 g/mol. The van der Waals surface area contributed by atoms with E-state index in [-0.39, 0.29) is 12.1 Å². The van der Waals surface area contributed by atoms with Gasteiger partial charge in [-0.3, -0.25) is 0 Å². The van der Waals surface area contributed by atoms with Crippen LogP contribution in [-0.4, -0.2) is 22.0 Å². The normalized spacial score (nSPS) is 12.0. The van der Waals surface area contributed by atoms with E-state index in [2.05, 4.69) is 34.4 Å². The van der Waals surface area contributed by atoms with E-state index in [1.54, 1.807) is 6.20 Å². The first-order valence-electron chi connectivity index (χ1n) is 8.41. The van der Waals surface area contributed by atoms with Crippen LogP contribution < -0.4 is 10.6 Å². The highest BCUT2D eigenvalue weighted by Gasteiger charge is 2.08. The predicted molar refractivity (Wildman–Crippen MR) is 97.9 cm³/mol. The van der Waals surface area contributed by atoms with Gasteiger partial charge in [0.25, 0.3) is 0 Å². The lowest BCUT2D eigenvalue weighted by molar-refractivity contribution is 0.248. The van der Waals surface area contributed by atoms with Crippen molar-refractivity contribution in [1.29, 1.82) is 0 Å². The summed E-state index contributed by atoms with van der Waals surface area (Å²) in [5.41, 5.74) is 2.60. The maximum Gasteiger partial charge on any atom is 0.319 e. The van der Waals surface area contributed by atoms with Gasteiger partial charge in [0, 0.05) is 29.2 Å². The Morgan fingerprint density at radius 1 is 1.08 bits per heavy atom. The van der Waals surface area contributed by atoms with Crippen LogP contribution in [0.1, 0.15) is 39.3 Å². The van der Waals surface area contributed by atoms with E-state index in [4.69, 9.17) is 0 Å². The number of carbonyl (C=O) groups is 1. The first kappa shape index (κ1) is 17.9. The fourth-order valence-electron chi connectivity index (χ4n) is 2.34. The third-order valence-electron chi connectivity index (χ3n) is 3.75. The summed E-state index contributed by atoms with van der Waals surface area (Å²) in [4.78, 5) is 20.7. The Hall–Kier alpha value is -2.43. The van der Waals surface area contributed by atoms with Gasteiger partial charge in [-0.15, -0.1) is 0 Å². The van der Waals surface area contributed by atoms with Crippen LogP contribution in [0.3, 0.4) is 0 Å². The molecule has 5 nitrogen and oxygen atoms in total. The first-order chi connectivity index (χ1) is 11.4. The van der Waals surface area contributed by atoms with Crippen LogP contribution in [0.25, 0.3) is 11.4 Å². The van der Waals surface area contributed by atoms with Crippen molar-refractivity contribution in [3.63, 3.8) is 0 Å². The van der Waals surface area contributed by atoms with E-state index in [9.17, 15) is 4.79 Å². The number of urea groups is 1. The molecule has 1 aromatic carbocycles. The van der Waals surface area contributed by atoms with Crippen LogP contribution in [0, 0.1) is 12.8 Å². The molecule has 0 aliphatic rings. The standard InChI is InChI=1S/C19H26N4O/c1-13(2)5-6-14(3)22-19(24)23-17-9-7-16(8-10-17)18-20-12-11-15(4)21-18/h7-14H,5-6H2,1-4H3,(H2,22,23,24). The first-order valence-corrected chi connectivity index (χ1v) is 8.41. The molecule has 0 saturated heterocycles. The molecule has 0 bridgehead atoms. The fraction of sp³-hybridized carbons (Fsp3) is 0.421. The van der Waals surface area contributed by atoms with Gasteiger partial charge in [-0.25, -0.2) is 14.8 Å². The minimum absolute atomic E-state index is 0.160. The minimum Gasteiger partial charge on any atom is -0.335 e. The molecule has 2 amide bonds. The van der Waals surface area contributed by atoms with Crippen LogP contribution in [0.5, 0.6) is 0 Å². The number of anilines is 1. The van der Waals surface area contributed by atoms with Gasteiger partial charge >= 0.3 is 6.03 Å². The highest BCUT2D eigenvalue weighted by Crippen LogP contribution is 2.18. The molecule has 2 rings (SSSR count). The lowest BCUT2D eigenvalue weighted by Crippen LogP contribution is -2.36. The van der Waals surface area contributed by atoms with Crippen molar-refractivity contribution < 1.29 is 4.79 Å². The fourth-order valence-corrected chi connectivity index (χ4v) is 2.34. The van der Waals surface area contributed by atoms with Gasteiger partial charge in [0.15, 0.2) is 5.82 Å². The highest BCUT2D eigenvalue weighted by atomic mass is 16.2. The van der Waals surface area contributed by atoms with Crippen molar-refractivity contribution >= 4 is 11.7 Å². The van der Waals surface area contributed by atoms with Crippen molar-refractivity contribution in [3.05, 3.63) is 42.2 Å². The molecule has 0 saturated carbocycles. The lowest BCUT2D eigenvalue weighted by Gasteiger charge is -2.15. The number of amides is 2. The summed E-state index contributed by atoms with van der Waals surface area (Å²) in [7, 11) is 0. The second kappa shape index (κ2) is 8.43. The number of aromatic nitrogens is 2. The van der Waals surface area contributed by atoms with Crippen molar-refractivity contribution in [3.8, 4) is 11.4 Å². The second-order valence-corrected chi connectivity index (χ2v) is 6.57. The molecule has 128 valence electrons. The van der Waals surface area contributed by atoms with Crippen molar-refractivity contribution in [2.75, 3.05) is 5.32 Å². The maximum atomic E-state index is 12.0. The molecular formula is C19H26N4O. The molecule has 1 atom stereocenters. The van der Waals surface area contributed by atoms with E-state index in [1.165, 1.54) is 0 Å². The number of aryl methyl sites for hydroxylation is 1. The van der Waals surface area contributed by atoms with Crippen molar-refractivity contribution in [2.45, 2.75) is 46.6 Å². The zero-order valence-corrected chi connectivity index (χ0v) is 14.8. The summed E-state index contributed by atoms with van der Waals surface area (Å²) >= 11 is 0. The predicted octanol–water partition coefficient (Wildman–Crippen LogP) is 4.40. The smallest absolute Gasteiger partial charge is 0.319 e. The van der Waals surface area contributed by atoms with Crippen LogP contribution in [0.2, 0.25) is 0 Å². The summed E-state index contributed by atoms with van der Waals surface area (Å²) < 4.78 is 0. The number of nitrogens with zero attached hydrogens (tertiary/aromatic N) is 2. The molecule has 0 aliphatic heterocycles. The van der Waals surface area contributed by atoms with Gasteiger partial charge in [-0.1, -0.05) is 13.8 Å². The summed E-state index contributed by atoms with van der Waals surface area (Å²) in [5.74, 6) is 1.34. The van der Waals surface area contributed by atoms with Crippen LogP contribution in [-0.2, 0) is 0 Å². The van der Waals surface area contributed by atoms with Gasteiger partial charge in [0.2, 0.25) is 0 Å². The second-order valence-electron chi connectivity index (χ2n) is 6.57. The molecule has 2 N–H and O–H groups in total. The molecule has 0 radical (unpaired) electrons. The van der Waals surface area contributed by atoms with E-state index < -0.39 is 0 Å². The summed E-state index contributed by atoms with van der Waals surface area (Å²) in [5, 5.41) is 5.82. The molecule has 1 unspecified atom stereocenters. The highest BCUT2D eigenvalue weighted by molar-refractivity contribution is 5.89. The monoisotopic (exact) mass is 326 g/mol. The topological polar surface area (TPSA) is 66.9 Å². The Morgan fingerprint density at radius 2 is 1.79 bits per heavy atom. The number of hydrogen-bond acceptors (Lipinski definition) is 3. The third-order valence-corrected chi connectivity index (χ3v) is 3.75. The van der Waals surface area contributed by atoms with Gasteiger partial charge in [-0.2, -0.15) is 0 Å². The Kier molecular flexibility index (Phi) is 6.29. The molecule has 2 aromatic rings. The quantitative estimate of drug-likeness (QED) is 0.827. The molecule has 24 heavy (non-hydrogen) atoms. The molecule has 0 fully saturated rings. The van der Waals surface area contributed by atoms with Gasteiger partial charge in [-0.05, 0) is 62.9 Å². The zero-order chi connectivity index (χ0) is 17.5. The van der Waals surface area contributed by atoms with Crippen LogP contribution in [0.15, 0.2) is 36.5 Å². The Bertz CT molecular complexity index is 667. The van der Waals surface area contributed by atoms with Crippen molar-refractivity contribution in [1.82, 2.24) is 15.3 Å². The SMILES string of the molecule is Cc1ccnc(-c2ccc(NC(=O)NC(C)CCC(C)C)cc2)n1. The van der Waals surface area contributed by atoms with Gasteiger partial charge < -0.3 is 10.6 Å². The molecular weight excluding hydrogens is 300 g/mol. The molecule has 0 aliphatic carbocycles. The Balaban J connectivity index is 1.90. The van der Waals surface area contributed by atoms with Gasteiger partial charge in [0.05, 0.1) is 0 Å². The number of carbonyl (C=O) groups excluding carboxylic acids is 1. The Morgan fingerprint density at radius 3 is 2.42 bits per heavy atom.